The maximum Gasteiger partial charge on any atom is 0.220 e. The third kappa shape index (κ3) is 7.27. The molecule has 2 N–H and O–H groups in total. The van der Waals surface area contributed by atoms with E-state index >= 15 is 0 Å². The Hall–Kier alpha value is -0.220. The fourth-order valence-corrected chi connectivity index (χ4v) is 3.32. The van der Waals surface area contributed by atoms with Crippen LogP contribution in [0.15, 0.2) is 0 Å². The first-order valence-corrected chi connectivity index (χ1v) is 8.09. The fraction of sp³-hybridized carbons (Fsp3) is 0.929. The summed E-state index contributed by atoms with van der Waals surface area (Å²) < 4.78 is 0. The molecule has 1 amide bonds. The molecule has 4 heteroatoms. The minimum atomic E-state index is -0.616. The topological polar surface area (TPSA) is 49.3 Å². The van der Waals surface area contributed by atoms with Gasteiger partial charge in [-0.15, -0.1) is 0 Å². The van der Waals surface area contributed by atoms with Crippen molar-refractivity contribution in [1.29, 1.82) is 0 Å². The van der Waals surface area contributed by atoms with Crippen molar-refractivity contribution in [1.82, 2.24) is 5.32 Å². The van der Waals surface area contributed by atoms with E-state index in [1.807, 2.05) is 0 Å². The first kappa shape index (κ1) is 15.8. The lowest BCUT2D eigenvalue weighted by molar-refractivity contribution is -0.121. The van der Waals surface area contributed by atoms with E-state index < -0.39 is 5.60 Å². The van der Waals surface area contributed by atoms with E-state index in [2.05, 4.69) is 12.2 Å². The number of nitrogens with one attached hydrogen (secondary N) is 1. The van der Waals surface area contributed by atoms with Gasteiger partial charge in [-0.25, -0.2) is 0 Å². The highest BCUT2D eigenvalue weighted by atomic mass is 32.2. The molecule has 0 aromatic carbocycles. The van der Waals surface area contributed by atoms with Gasteiger partial charge < -0.3 is 10.4 Å². The molecule has 0 aliphatic heterocycles. The van der Waals surface area contributed by atoms with Crippen LogP contribution in [0.25, 0.3) is 0 Å². The first-order chi connectivity index (χ1) is 8.37. The van der Waals surface area contributed by atoms with Gasteiger partial charge in [0.2, 0.25) is 5.91 Å². The van der Waals surface area contributed by atoms with Crippen LogP contribution in [0.4, 0.5) is 0 Å². The van der Waals surface area contributed by atoms with Crippen LogP contribution in [0.1, 0.15) is 46.5 Å². The van der Waals surface area contributed by atoms with Gasteiger partial charge in [-0.3, -0.25) is 4.79 Å². The van der Waals surface area contributed by atoms with Crippen molar-refractivity contribution in [2.75, 3.05) is 18.1 Å². The Morgan fingerprint density at radius 3 is 2.72 bits per heavy atom. The van der Waals surface area contributed by atoms with E-state index in [0.717, 1.165) is 11.7 Å². The van der Waals surface area contributed by atoms with Crippen molar-refractivity contribution in [3.8, 4) is 0 Å². The van der Waals surface area contributed by atoms with Crippen molar-refractivity contribution < 1.29 is 9.90 Å². The average Bonchev–Trinajstić information content (AvgIpc) is 2.61. The van der Waals surface area contributed by atoms with Crippen LogP contribution in [-0.4, -0.2) is 34.7 Å². The summed E-state index contributed by atoms with van der Waals surface area (Å²) in [5, 5.41) is 12.5. The van der Waals surface area contributed by atoms with Gasteiger partial charge >= 0.3 is 0 Å². The Morgan fingerprint density at radius 2 is 2.17 bits per heavy atom. The lowest BCUT2D eigenvalue weighted by atomic mass is 10.0. The van der Waals surface area contributed by atoms with E-state index in [-0.39, 0.29) is 5.91 Å². The van der Waals surface area contributed by atoms with E-state index in [9.17, 15) is 9.90 Å². The van der Waals surface area contributed by atoms with Gasteiger partial charge in [0.15, 0.2) is 0 Å². The molecule has 2 atom stereocenters. The molecule has 1 aliphatic rings. The largest absolute Gasteiger partial charge is 0.390 e. The number of hydrogen-bond acceptors (Lipinski definition) is 3. The number of hydrogen-bond donors (Lipinski definition) is 2. The van der Waals surface area contributed by atoms with Crippen LogP contribution >= 0.6 is 11.8 Å². The normalized spacial score (nSPS) is 24.2. The smallest absolute Gasteiger partial charge is 0.220 e. The number of rotatable bonds is 7. The molecular formula is C14H27NO2S. The quantitative estimate of drug-likeness (QED) is 0.700. The summed E-state index contributed by atoms with van der Waals surface area (Å²) in [6, 6.07) is 0. The number of aliphatic hydroxyl groups is 1. The summed E-state index contributed by atoms with van der Waals surface area (Å²) in [4.78, 5) is 11.7. The van der Waals surface area contributed by atoms with Gasteiger partial charge in [-0.1, -0.05) is 13.3 Å². The molecule has 0 heterocycles. The lowest BCUT2D eigenvalue weighted by Gasteiger charge is -2.16. The molecular weight excluding hydrogens is 246 g/mol. The standard InChI is InChI=1S/C14H27NO2S/c1-11-4-5-12(8-11)9-13(16)15-6-7-18-10-14(2,3)17/h11-12,17H,4-10H2,1-3H3,(H,15,16)/t11-,12+/m0/s1. The van der Waals surface area contributed by atoms with Crippen molar-refractivity contribution >= 4 is 17.7 Å². The highest BCUT2D eigenvalue weighted by Gasteiger charge is 2.23. The predicted molar refractivity (Wildman–Crippen MR) is 77.8 cm³/mol. The van der Waals surface area contributed by atoms with Crippen LogP contribution in [0, 0.1) is 11.8 Å². The molecule has 1 aliphatic carbocycles. The number of amides is 1. The van der Waals surface area contributed by atoms with Crippen LogP contribution in [-0.2, 0) is 4.79 Å². The molecule has 3 nitrogen and oxygen atoms in total. The predicted octanol–water partition coefficient (Wildman–Crippen LogP) is 2.43. The van der Waals surface area contributed by atoms with Crippen LogP contribution in [0.2, 0.25) is 0 Å². The molecule has 106 valence electrons. The maximum absolute atomic E-state index is 11.7. The van der Waals surface area contributed by atoms with Crippen molar-refractivity contribution in [3.63, 3.8) is 0 Å². The molecule has 1 saturated carbocycles. The van der Waals surface area contributed by atoms with Gasteiger partial charge in [0.25, 0.3) is 0 Å². The number of carbonyl (C=O) groups is 1. The second-order valence-corrected chi connectivity index (χ2v) is 7.31. The van der Waals surface area contributed by atoms with E-state index in [0.29, 0.717) is 24.6 Å². The highest BCUT2D eigenvalue weighted by molar-refractivity contribution is 7.99. The molecule has 1 fully saturated rings. The Morgan fingerprint density at radius 1 is 1.44 bits per heavy atom. The Labute approximate surface area is 115 Å². The van der Waals surface area contributed by atoms with Crippen molar-refractivity contribution in [2.24, 2.45) is 11.8 Å². The Bertz CT molecular complexity index is 263. The molecule has 18 heavy (non-hydrogen) atoms. The molecule has 0 aromatic heterocycles. The van der Waals surface area contributed by atoms with Crippen LogP contribution in [0.3, 0.4) is 0 Å². The van der Waals surface area contributed by atoms with E-state index in [1.54, 1.807) is 25.6 Å². The third-order valence-electron chi connectivity index (χ3n) is 3.30. The maximum atomic E-state index is 11.7. The molecule has 0 aromatic rings. The van der Waals surface area contributed by atoms with Crippen LogP contribution < -0.4 is 5.32 Å². The zero-order valence-corrected chi connectivity index (χ0v) is 12.7. The summed E-state index contributed by atoms with van der Waals surface area (Å²) >= 11 is 1.68. The molecule has 1 rings (SSSR count). The second-order valence-electron chi connectivity index (χ2n) is 6.20. The van der Waals surface area contributed by atoms with Gasteiger partial charge in [-0.05, 0) is 38.5 Å². The summed E-state index contributed by atoms with van der Waals surface area (Å²) in [7, 11) is 0. The zero-order chi connectivity index (χ0) is 13.6. The van der Waals surface area contributed by atoms with Gasteiger partial charge in [0, 0.05) is 24.5 Å². The van der Waals surface area contributed by atoms with E-state index in [4.69, 9.17) is 0 Å². The fourth-order valence-electron chi connectivity index (χ4n) is 2.43. The van der Waals surface area contributed by atoms with Gasteiger partial charge in [0.1, 0.15) is 0 Å². The SMILES string of the molecule is C[C@H]1CC[C@@H](CC(=O)NCCSCC(C)(C)O)C1. The molecule has 0 radical (unpaired) electrons. The minimum absolute atomic E-state index is 0.193. The van der Waals surface area contributed by atoms with Gasteiger partial charge in [-0.2, -0.15) is 11.8 Å². The molecule has 0 unspecified atom stereocenters. The third-order valence-corrected chi connectivity index (χ3v) is 4.70. The first-order valence-electron chi connectivity index (χ1n) is 6.93. The summed E-state index contributed by atoms with van der Waals surface area (Å²) in [5.41, 5.74) is -0.616. The Balaban J connectivity index is 2.00. The minimum Gasteiger partial charge on any atom is -0.390 e. The summed E-state index contributed by atoms with van der Waals surface area (Å²) in [6.07, 6.45) is 4.39. The Kier molecular flexibility index (Phi) is 6.50. The van der Waals surface area contributed by atoms with Crippen molar-refractivity contribution in [2.45, 2.75) is 52.1 Å². The zero-order valence-electron chi connectivity index (χ0n) is 11.9. The number of carbonyl (C=O) groups excluding carboxylic acids is 1. The summed E-state index contributed by atoms with van der Waals surface area (Å²) in [6.45, 7) is 6.59. The van der Waals surface area contributed by atoms with Gasteiger partial charge in [0.05, 0.1) is 5.60 Å². The molecule has 0 bridgehead atoms. The summed E-state index contributed by atoms with van der Waals surface area (Å²) in [5.74, 6) is 3.17. The molecule has 0 spiro atoms. The van der Waals surface area contributed by atoms with Crippen molar-refractivity contribution in [3.05, 3.63) is 0 Å². The second kappa shape index (κ2) is 7.39. The van der Waals surface area contributed by atoms with E-state index in [1.165, 1.54) is 19.3 Å². The average molecular weight is 273 g/mol. The number of thioether (sulfide) groups is 1. The lowest BCUT2D eigenvalue weighted by Crippen LogP contribution is -2.28. The monoisotopic (exact) mass is 273 g/mol. The highest BCUT2D eigenvalue weighted by Crippen LogP contribution is 2.32. The molecule has 0 saturated heterocycles. The van der Waals surface area contributed by atoms with Crippen LogP contribution in [0.5, 0.6) is 0 Å².